The van der Waals surface area contributed by atoms with Crippen molar-refractivity contribution in [3.8, 4) is 5.75 Å². The van der Waals surface area contributed by atoms with Crippen LogP contribution in [0.5, 0.6) is 5.75 Å². The third-order valence-corrected chi connectivity index (χ3v) is 3.69. The van der Waals surface area contributed by atoms with E-state index in [1.165, 1.54) is 16.7 Å². The van der Waals surface area contributed by atoms with Gasteiger partial charge in [-0.1, -0.05) is 26.0 Å². The van der Waals surface area contributed by atoms with Crippen LogP contribution in [0.15, 0.2) is 12.1 Å². The standard InChI is InChI=1S/C17H29NO2/c1-13-9-15(10-14(2)16(13)20-5)11-18-8-6-7-17(3,4)12-19/h9-10,18-19H,6-8,11-12H2,1-5H3. The third kappa shape index (κ3) is 5.14. The van der Waals surface area contributed by atoms with Crippen LogP contribution in [0.25, 0.3) is 0 Å². The van der Waals surface area contributed by atoms with Crippen LogP contribution >= 0.6 is 0 Å². The minimum absolute atomic E-state index is 0.0367. The first-order valence-electron chi connectivity index (χ1n) is 7.35. The minimum atomic E-state index is 0.0367. The zero-order valence-corrected chi connectivity index (χ0v) is 13.5. The summed E-state index contributed by atoms with van der Waals surface area (Å²) in [5.74, 6) is 0.985. The molecule has 20 heavy (non-hydrogen) atoms. The summed E-state index contributed by atoms with van der Waals surface area (Å²) in [6, 6.07) is 4.35. The SMILES string of the molecule is COc1c(C)cc(CNCCCC(C)(C)CO)cc1C. The van der Waals surface area contributed by atoms with E-state index in [9.17, 15) is 5.11 Å². The van der Waals surface area contributed by atoms with Crippen LogP contribution in [-0.4, -0.2) is 25.4 Å². The summed E-state index contributed by atoms with van der Waals surface area (Å²) in [6.07, 6.45) is 2.12. The van der Waals surface area contributed by atoms with Gasteiger partial charge in [0.2, 0.25) is 0 Å². The fourth-order valence-electron chi connectivity index (χ4n) is 2.47. The molecule has 0 aliphatic carbocycles. The first kappa shape index (κ1) is 17.0. The molecule has 0 aromatic heterocycles. The fourth-order valence-corrected chi connectivity index (χ4v) is 2.47. The average molecular weight is 279 g/mol. The smallest absolute Gasteiger partial charge is 0.124 e. The zero-order valence-electron chi connectivity index (χ0n) is 13.5. The number of nitrogens with one attached hydrogen (secondary N) is 1. The number of aryl methyl sites for hydroxylation is 2. The molecule has 0 aliphatic rings. The lowest BCUT2D eigenvalue weighted by Gasteiger charge is -2.21. The molecule has 2 N–H and O–H groups in total. The Morgan fingerprint density at radius 1 is 1.20 bits per heavy atom. The van der Waals surface area contributed by atoms with Crippen molar-refractivity contribution in [2.75, 3.05) is 20.3 Å². The Balaban J connectivity index is 2.40. The van der Waals surface area contributed by atoms with Gasteiger partial charge >= 0.3 is 0 Å². The maximum atomic E-state index is 9.21. The van der Waals surface area contributed by atoms with Crippen molar-refractivity contribution in [3.05, 3.63) is 28.8 Å². The molecule has 3 nitrogen and oxygen atoms in total. The molecule has 1 aromatic carbocycles. The average Bonchev–Trinajstić information content (AvgIpc) is 2.38. The van der Waals surface area contributed by atoms with E-state index in [-0.39, 0.29) is 12.0 Å². The van der Waals surface area contributed by atoms with Crippen molar-refractivity contribution in [1.82, 2.24) is 5.32 Å². The zero-order chi connectivity index (χ0) is 15.2. The second-order valence-electron chi connectivity index (χ2n) is 6.37. The van der Waals surface area contributed by atoms with Crippen LogP contribution in [0.1, 0.15) is 43.4 Å². The number of hydrogen-bond acceptors (Lipinski definition) is 3. The van der Waals surface area contributed by atoms with Gasteiger partial charge in [-0.2, -0.15) is 0 Å². The van der Waals surface area contributed by atoms with Gasteiger partial charge < -0.3 is 15.2 Å². The second-order valence-corrected chi connectivity index (χ2v) is 6.37. The molecular formula is C17H29NO2. The monoisotopic (exact) mass is 279 g/mol. The lowest BCUT2D eigenvalue weighted by Crippen LogP contribution is -2.21. The van der Waals surface area contributed by atoms with Crippen LogP contribution in [0, 0.1) is 19.3 Å². The number of hydrogen-bond donors (Lipinski definition) is 2. The van der Waals surface area contributed by atoms with Gasteiger partial charge in [0.15, 0.2) is 0 Å². The molecular weight excluding hydrogens is 250 g/mol. The van der Waals surface area contributed by atoms with Crippen LogP contribution in [-0.2, 0) is 6.54 Å². The van der Waals surface area contributed by atoms with Crippen LogP contribution in [0.3, 0.4) is 0 Å². The Bertz CT molecular complexity index is 404. The first-order chi connectivity index (χ1) is 9.39. The quantitative estimate of drug-likeness (QED) is 0.718. The van der Waals surface area contributed by atoms with Crippen molar-refractivity contribution >= 4 is 0 Å². The summed E-state index contributed by atoms with van der Waals surface area (Å²) in [5.41, 5.74) is 3.70. The Labute approximate surface area is 123 Å². The molecule has 3 heteroatoms. The Kier molecular flexibility index (Phi) is 6.50. The lowest BCUT2D eigenvalue weighted by atomic mass is 9.89. The molecule has 0 heterocycles. The fraction of sp³-hybridized carbons (Fsp3) is 0.647. The van der Waals surface area contributed by atoms with Crippen LogP contribution in [0.4, 0.5) is 0 Å². The largest absolute Gasteiger partial charge is 0.496 e. The molecule has 1 rings (SSSR count). The van der Waals surface area contributed by atoms with E-state index >= 15 is 0 Å². The highest BCUT2D eigenvalue weighted by Crippen LogP contribution is 2.24. The minimum Gasteiger partial charge on any atom is -0.496 e. The number of aliphatic hydroxyl groups is 1. The molecule has 0 radical (unpaired) electrons. The van der Waals surface area contributed by atoms with Gasteiger partial charge in [0.1, 0.15) is 5.75 Å². The van der Waals surface area contributed by atoms with Gasteiger partial charge in [-0.15, -0.1) is 0 Å². The predicted molar refractivity (Wildman–Crippen MR) is 84.3 cm³/mol. The highest BCUT2D eigenvalue weighted by atomic mass is 16.5. The maximum absolute atomic E-state index is 9.21. The van der Waals surface area contributed by atoms with Crippen molar-refractivity contribution < 1.29 is 9.84 Å². The van der Waals surface area contributed by atoms with E-state index in [0.29, 0.717) is 0 Å². The molecule has 1 aromatic rings. The summed E-state index contributed by atoms with van der Waals surface area (Å²) in [7, 11) is 1.72. The molecule has 0 saturated heterocycles. The van der Waals surface area contributed by atoms with Crippen molar-refractivity contribution in [2.45, 2.75) is 47.1 Å². The van der Waals surface area contributed by atoms with Crippen LogP contribution < -0.4 is 10.1 Å². The molecule has 0 saturated carbocycles. The first-order valence-corrected chi connectivity index (χ1v) is 7.35. The maximum Gasteiger partial charge on any atom is 0.124 e. The van der Waals surface area contributed by atoms with Gasteiger partial charge in [0.05, 0.1) is 7.11 Å². The number of benzene rings is 1. The second kappa shape index (κ2) is 7.65. The third-order valence-electron chi connectivity index (χ3n) is 3.69. The van der Waals surface area contributed by atoms with E-state index in [1.54, 1.807) is 7.11 Å². The van der Waals surface area contributed by atoms with Gasteiger partial charge in [0, 0.05) is 13.2 Å². The van der Waals surface area contributed by atoms with E-state index in [2.05, 4.69) is 45.1 Å². The molecule has 114 valence electrons. The summed E-state index contributed by atoms with van der Waals surface area (Å²) in [6.45, 7) is 10.5. The van der Waals surface area contributed by atoms with Gasteiger partial charge in [-0.05, 0) is 55.3 Å². The number of aliphatic hydroxyl groups excluding tert-OH is 1. The number of methoxy groups -OCH3 is 1. The summed E-state index contributed by atoms with van der Waals surface area (Å²) in [5, 5.41) is 12.7. The molecule has 0 atom stereocenters. The highest BCUT2D eigenvalue weighted by Gasteiger charge is 2.15. The lowest BCUT2D eigenvalue weighted by molar-refractivity contribution is 0.148. The van der Waals surface area contributed by atoms with E-state index in [0.717, 1.165) is 31.7 Å². The number of ether oxygens (including phenoxy) is 1. The Hall–Kier alpha value is -1.06. The summed E-state index contributed by atoms with van der Waals surface area (Å²) in [4.78, 5) is 0. The Morgan fingerprint density at radius 3 is 2.30 bits per heavy atom. The molecule has 0 spiro atoms. The van der Waals surface area contributed by atoms with Gasteiger partial charge in [-0.25, -0.2) is 0 Å². The summed E-state index contributed by atoms with van der Waals surface area (Å²) < 4.78 is 5.38. The van der Waals surface area contributed by atoms with Crippen molar-refractivity contribution in [3.63, 3.8) is 0 Å². The van der Waals surface area contributed by atoms with Gasteiger partial charge in [-0.3, -0.25) is 0 Å². The molecule has 0 bridgehead atoms. The van der Waals surface area contributed by atoms with Gasteiger partial charge in [0.25, 0.3) is 0 Å². The number of rotatable bonds is 8. The van der Waals surface area contributed by atoms with Crippen molar-refractivity contribution in [2.24, 2.45) is 5.41 Å². The topological polar surface area (TPSA) is 41.5 Å². The molecule has 0 fully saturated rings. The van der Waals surface area contributed by atoms with Crippen molar-refractivity contribution in [1.29, 1.82) is 0 Å². The molecule has 0 aliphatic heterocycles. The van der Waals surface area contributed by atoms with E-state index in [1.807, 2.05) is 0 Å². The molecule has 0 amide bonds. The van der Waals surface area contributed by atoms with Crippen LogP contribution in [0.2, 0.25) is 0 Å². The predicted octanol–water partition coefficient (Wildman–Crippen LogP) is 3.20. The Morgan fingerprint density at radius 2 is 1.80 bits per heavy atom. The highest BCUT2D eigenvalue weighted by molar-refractivity contribution is 5.43. The summed E-state index contributed by atoms with van der Waals surface area (Å²) >= 11 is 0. The normalized spacial score (nSPS) is 11.7. The van der Waals surface area contributed by atoms with E-state index in [4.69, 9.17) is 4.74 Å². The molecule has 0 unspecified atom stereocenters. The van der Waals surface area contributed by atoms with E-state index < -0.39 is 0 Å².